The van der Waals surface area contributed by atoms with Crippen LogP contribution in [0.1, 0.15) is 45.4 Å². The van der Waals surface area contributed by atoms with Gasteiger partial charge in [-0.1, -0.05) is 38.2 Å². The van der Waals surface area contributed by atoms with Gasteiger partial charge in [0, 0.05) is 6.08 Å². The van der Waals surface area contributed by atoms with Crippen LogP contribution in [0.15, 0.2) is 12.2 Å². The van der Waals surface area contributed by atoms with Crippen molar-refractivity contribution in [2.24, 2.45) is 5.92 Å². The van der Waals surface area contributed by atoms with Crippen molar-refractivity contribution in [1.82, 2.24) is 0 Å². The molecule has 0 aromatic heterocycles. The number of hydrogen-bond donors (Lipinski definition) is 0. The van der Waals surface area contributed by atoms with Crippen molar-refractivity contribution < 1.29 is 9.53 Å². The molecule has 0 heterocycles. The van der Waals surface area contributed by atoms with Gasteiger partial charge in [0.05, 0.1) is 6.61 Å². The zero-order chi connectivity index (χ0) is 10.2. The van der Waals surface area contributed by atoms with Crippen LogP contribution >= 0.6 is 0 Å². The van der Waals surface area contributed by atoms with Crippen LogP contribution in [0.5, 0.6) is 0 Å². The fourth-order valence-electron chi connectivity index (χ4n) is 1.97. The van der Waals surface area contributed by atoms with Crippen LogP contribution < -0.4 is 0 Å². The van der Waals surface area contributed by atoms with Crippen LogP contribution in [0.3, 0.4) is 0 Å². The number of carbonyl (C=O) groups is 1. The first-order chi connectivity index (χ1) is 6.83. The Kier molecular flexibility index (Phi) is 5.35. The lowest BCUT2D eigenvalue weighted by Gasteiger charge is -2.19. The van der Waals surface area contributed by atoms with Gasteiger partial charge in [0.1, 0.15) is 0 Å². The molecule has 0 atom stereocenters. The molecule has 0 amide bonds. The monoisotopic (exact) mass is 196 g/mol. The molecule has 2 nitrogen and oxygen atoms in total. The van der Waals surface area contributed by atoms with Gasteiger partial charge in [0.15, 0.2) is 0 Å². The van der Waals surface area contributed by atoms with E-state index in [2.05, 4.69) is 0 Å². The minimum Gasteiger partial charge on any atom is -0.463 e. The average Bonchev–Trinajstić information content (AvgIpc) is 2.20. The molecule has 0 saturated heterocycles. The molecular weight excluding hydrogens is 176 g/mol. The Morgan fingerprint density at radius 3 is 2.71 bits per heavy atom. The van der Waals surface area contributed by atoms with Gasteiger partial charge < -0.3 is 4.74 Å². The maximum absolute atomic E-state index is 11.0. The summed E-state index contributed by atoms with van der Waals surface area (Å²) in [6.45, 7) is 2.29. The third kappa shape index (κ3) is 4.45. The molecule has 1 fully saturated rings. The van der Waals surface area contributed by atoms with Crippen LogP contribution in [0, 0.1) is 5.92 Å². The van der Waals surface area contributed by atoms with Crippen molar-refractivity contribution in [3.8, 4) is 0 Å². The molecule has 0 bridgehead atoms. The highest BCUT2D eigenvalue weighted by molar-refractivity contribution is 5.81. The summed E-state index contributed by atoms with van der Waals surface area (Å²) >= 11 is 0. The summed E-state index contributed by atoms with van der Waals surface area (Å²) in [7, 11) is 0. The number of rotatable bonds is 4. The van der Waals surface area contributed by atoms with Crippen LogP contribution in [-0.4, -0.2) is 12.6 Å². The van der Waals surface area contributed by atoms with Crippen LogP contribution in [0.25, 0.3) is 0 Å². The predicted octanol–water partition coefficient (Wildman–Crippen LogP) is 3.08. The second-order valence-corrected chi connectivity index (χ2v) is 3.89. The summed E-state index contributed by atoms with van der Waals surface area (Å²) in [6, 6.07) is 0. The normalized spacial score (nSPS) is 18.6. The number of allylic oxidation sites excluding steroid dienone is 1. The average molecular weight is 196 g/mol. The van der Waals surface area contributed by atoms with Gasteiger partial charge in [0.25, 0.3) is 0 Å². The van der Waals surface area contributed by atoms with Crippen LogP contribution in [0.2, 0.25) is 0 Å². The molecule has 1 aliphatic rings. The first-order valence-electron chi connectivity index (χ1n) is 5.66. The lowest BCUT2D eigenvalue weighted by atomic mass is 9.87. The molecule has 80 valence electrons. The summed E-state index contributed by atoms with van der Waals surface area (Å²) in [4.78, 5) is 11.0. The minimum atomic E-state index is -0.205. The van der Waals surface area contributed by atoms with Gasteiger partial charge in [-0.3, -0.25) is 0 Å². The van der Waals surface area contributed by atoms with E-state index in [-0.39, 0.29) is 5.97 Å². The fourth-order valence-corrected chi connectivity index (χ4v) is 1.97. The molecule has 0 aromatic carbocycles. The third-order valence-electron chi connectivity index (χ3n) is 2.73. The largest absolute Gasteiger partial charge is 0.463 e. The van der Waals surface area contributed by atoms with Crippen molar-refractivity contribution in [3.05, 3.63) is 12.2 Å². The van der Waals surface area contributed by atoms with E-state index < -0.39 is 0 Å². The molecule has 0 N–H and O–H groups in total. The lowest BCUT2D eigenvalue weighted by molar-refractivity contribution is -0.137. The number of esters is 1. The van der Waals surface area contributed by atoms with Crippen molar-refractivity contribution in [2.75, 3.05) is 6.61 Å². The highest BCUT2D eigenvalue weighted by Crippen LogP contribution is 2.26. The zero-order valence-corrected chi connectivity index (χ0v) is 9.00. The second kappa shape index (κ2) is 6.63. The molecule has 1 rings (SSSR count). The van der Waals surface area contributed by atoms with E-state index in [1.807, 2.05) is 13.0 Å². The van der Waals surface area contributed by atoms with E-state index in [0.29, 0.717) is 6.61 Å². The second-order valence-electron chi connectivity index (χ2n) is 3.89. The Labute approximate surface area is 86.3 Å². The topological polar surface area (TPSA) is 26.3 Å². The highest BCUT2D eigenvalue weighted by atomic mass is 16.5. The number of ether oxygens (including phenoxy) is 1. The van der Waals surface area contributed by atoms with Crippen molar-refractivity contribution in [1.29, 1.82) is 0 Å². The minimum absolute atomic E-state index is 0.205. The maximum atomic E-state index is 11.0. The van der Waals surface area contributed by atoms with E-state index in [0.717, 1.165) is 12.3 Å². The molecule has 0 aliphatic heterocycles. The molecule has 14 heavy (non-hydrogen) atoms. The van der Waals surface area contributed by atoms with Gasteiger partial charge in [-0.15, -0.1) is 0 Å². The SMILES string of the molecule is CCOC(=O)C=CCC1CCCCC1. The van der Waals surface area contributed by atoms with E-state index in [1.165, 1.54) is 32.1 Å². The lowest BCUT2D eigenvalue weighted by Crippen LogP contribution is -2.05. The Balaban J connectivity index is 2.14. The van der Waals surface area contributed by atoms with Crippen LogP contribution in [0.4, 0.5) is 0 Å². The predicted molar refractivity (Wildman–Crippen MR) is 57.0 cm³/mol. The third-order valence-corrected chi connectivity index (χ3v) is 2.73. The van der Waals surface area contributed by atoms with Gasteiger partial charge >= 0.3 is 5.97 Å². The van der Waals surface area contributed by atoms with Crippen molar-refractivity contribution in [2.45, 2.75) is 45.4 Å². The Bertz CT molecular complexity index is 190. The first-order valence-corrected chi connectivity index (χ1v) is 5.66. The molecule has 1 aliphatic carbocycles. The van der Waals surface area contributed by atoms with E-state index in [9.17, 15) is 4.79 Å². The molecule has 2 heteroatoms. The summed E-state index contributed by atoms with van der Waals surface area (Å²) in [5.41, 5.74) is 0. The molecule has 0 aromatic rings. The Morgan fingerprint density at radius 1 is 1.36 bits per heavy atom. The fraction of sp³-hybridized carbons (Fsp3) is 0.750. The van der Waals surface area contributed by atoms with E-state index >= 15 is 0 Å². The molecule has 1 saturated carbocycles. The molecular formula is C12H20O2. The first kappa shape index (κ1) is 11.3. The maximum Gasteiger partial charge on any atom is 0.330 e. The highest BCUT2D eigenvalue weighted by Gasteiger charge is 2.11. The molecule has 0 spiro atoms. The standard InChI is InChI=1S/C12H20O2/c1-2-14-12(13)10-6-9-11-7-4-3-5-8-11/h6,10-11H,2-5,7-9H2,1H3. The van der Waals surface area contributed by atoms with Gasteiger partial charge in [-0.2, -0.15) is 0 Å². The van der Waals surface area contributed by atoms with Crippen molar-refractivity contribution in [3.63, 3.8) is 0 Å². The quantitative estimate of drug-likeness (QED) is 0.510. The molecule has 0 unspecified atom stereocenters. The summed E-state index contributed by atoms with van der Waals surface area (Å²) in [5, 5.41) is 0. The Morgan fingerprint density at radius 2 is 2.07 bits per heavy atom. The van der Waals surface area contributed by atoms with Crippen molar-refractivity contribution >= 4 is 5.97 Å². The zero-order valence-electron chi connectivity index (χ0n) is 9.00. The Hall–Kier alpha value is -0.790. The summed E-state index contributed by atoms with van der Waals surface area (Å²) in [5.74, 6) is 0.595. The molecule has 0 radical (unpaired) electrons. The van der Waals surface area contributed by atoms with Gasteiger partial charge in [0.2, 0.25) is 0 Å². The van der Waals surface area contributed by atoms with Crippen LogP contribution in [-0.2, 0) is 9.53 Å². The summed E-state index contributed by atoms with van der Waals surface area (Å²) in [6.07, 6.45) is 11.3. The van der Waals surface area contributed by atoms with E-state index in [4.69, 9.17) is 4.74 Å². The number of carbonyl (C=O) groups excluding carboxylic acids is 1. The van der Waals surface area contributed by atoms with E-state index in [1.54, 1.807) is 6.08 Å². The van der Waals surface area contributed by atoms with Gasteiger partial charge in [-0.05, 0) is 19.3 Å². The van der Waals surface area contributed by atoms with Gasteiger partial charge in [-0.25, -0.2) is 4.79 Å². The number of hydrogen-bond acceptors (Lipinski definition) is 2. The smallest absolute Gasteiger partial charge is 0.330 e. The summed E-state index contributed by atoms with van der Waals surface area (Å²) < 4.78 is 4.81.